The minimum Gasteiger partial charge on any atom is -0.329 e. The van der Waals surface area contributed by atoms with Crippen LogP contribution >= 0.6 is 0 Å². The second kappa shape index (κ2) is 7.02. The van der Waals surface area contributed by atoms with E-state index >= 15 is 0 Å². The van der Waals surface area contributed by atoms with Crippen LogP contribution in [0.3, 0.4) is 0 Å². The summed E-state index contributed by atoms with van der Waals surface area (Å²) in [5, 5.41) is 0. The Bertz CT molecular complexity index is 265. The molecule has 19 heavy (non-hydrogen) atoms. The molecule has 2 N–H and O–H groups in total. The normalized spacial score (nSPS) is 30.9. The topological polar surface area (TPSA) is 35.7 Å². The third-order valence-corrected chi connectivity index (χ3v) is 5.28. The van der Waals surface area contributed by atoms with E-state index in [1.165, 1.54) is 71.4 Å². The zero-order chi connectivity index (χ0) is 13.7. The van der Waals surface area contributed by atoms with Crippen LogP contribution in [-0.4, -0.2) is 80.1 Å². The molecule has 112 valence electrons. The summed E-state index contributed by atoms with van der Waals surface area (Å²) < 4.78 is 0. The summed E-state index contributed by atoms with van der Waals surface area (Å²) in [5.74, 6) is 0. The van der Waals surface area contributed by atoms with Crippen LogP contribution in [0, 0.1) is 0 Å². The molecule has 2 aliphatic rings. The third-order valence-electron chi connectivity index (χ3n) is 5.28. The standard InChI is InChI=1S/C15H32N4/c1-17-8-5-6-15(14-16,7-11-17)18(2)12-13-19-9-3-4-10-19/h3-14,16H2,1-2H3. The van der Waals surface area contributed by atoms with Crippen LogP contribution in [0.25, 0.3) is 0 Å². The molecule has 2 saturated heterocycles. The molecular weight excluding hydrogens is 236 g/mol. The summed E-state index contributed by atoms with van der Waals surface area (Å²) in [4.78, 5) is 7.61. The highest BCUT2D eigenvalue weighted by Gasteiger charge is 2.34. The van der Waals surface area contributed by atoms with Gasteiger partial charge in [-0.2, -0.15) is 0 Å². The Hall–Kier alpha value is -0.160. The van der Waals surface area contributed by atoms with Gasteiger partial charge in [-0.15, -0.1) is 0 Å². The van der Waals surface area contributed by atoms with Crippen LogP contribution < -0.4 is 5.73 Å². The Labute approximate surface area is 118 Å². The van der Waals surface area contributed by atoms with E-state index in [9.17, 15) is 0 Å². The molecule has 1 atom stereocenters. The maximum Gasteiger partial charge on any atom is 0.0341 e. The van der Waals surface area contributed by atoms with Crippen molar-refractivity contribution in [2.24, 2.45) is 5.73 Å². The molecule has 0 bridgehead atoms. The molecule has 2 heterocycles. The highest BCUT2D eigenvalue weighted by Crippen LogP contribution is 2.26. The van der Waals surface area contributed by atoms with Crippen molar-refractivity contribution in [1.82, 2.24) is 14.7 Å². The summed E-state index contributed by atoms with van der Waals surface area (Å²) in [6.07, 6.45) is 6.52. The average Bonchev–Trinajstić information content (AvgIpc) is 2.86. The van der Waals surface area contributed by atoms with Crippen molar-refractivity contribution in [2.45, 2.75) is 37.6 Å². The molecule has 0 aromatic rings. The van der Waals surface area contributed by atoms with Crippen LogP contribution in [0.1, 0.15) is 32.1 Å². The summed E-state index contributed by atoms with van der Waals surface area (Å²) in [7, 11) is 4.52. The van der Waals surface area contributed by atoms with E-state index in [1.807, 2.05) is 0 Å². The zero-order valence-corrected chi connectivity index (χ0v) is 12.9. The summed E-state index contributed by atoms with van der Waals surface area (Å²) >= 11 is 0. The van der Waals surface area contributed by atoms with Gasteiger partial charge in [0.05, 0.1) is 0 Å². The lowest BCUT2D eigenvalue weighted by atomic mass is 9.89. The second-order valence-corrected chi connectivity index (χ2v) is 6.56. The average molecular weight is 268 g/mol. The first-order chi connectivity index (χ1) is 9.16. The highest BCUT2D eigenvalue weighted by atomic mass is 15.2. The summed E-state index contributed by atoms with van der Waals surface area (Å²) in [6, 6.07) is 0. The van der Waals surface area contributed by atoms with Gasteiger partial charge in [-0.1, -0.05) is 0 Å². The van der Waals surface area contributed by atoms with E-state index in [2.05, 4.69) is 28.8 Å². The maximum atomic E-state index is 6.16. The molecule has 2 rings (SSSR count). The van der Waals surface area contributed by atoms with Gasteiger partial charge in [0, 0.05) is 25.2 Å². The van der Waals surface area contributed by atoms with Crippen molar-refractivity contribution in [1.29, 1.82) is 0 Å². The monoisotopic (exact) mass is 268 g/mol. The maximum absolute atomic E-state index is 6.16. The number of nitrogens with two attached hydrogens (primary N) is 1. The predicted molar refractivity (Wildman–Crippen MR) is 81.4 cm³/mol. The molecule has 2 fully saturated rings. The molecule has 0 aromatic heterocycles. The predicted octanol–water partition coefficient (Wildman–Crippen LogP) is 0.827. The van der Waals surface area contributed by atoms with Crippen molar-refractivity contribution in [3.8, 4) is 0 Å². The molecule has 0 spiro atoms. The van der Waals surface area contributed by atoms with Gasteiger partial charge in [0.15, 0.2) is 0 Å². The van der Waals surface area contributed by atoms with E-state index in [4.69, 9.17) is 5.73 Å². The second-order valence-electron chi connectivity index (χ2n) is 6.56. The number of likely N-dealkylation sites (N-methyl/N-ethyl adjacent to an activating group) is 1. The van der Waals surface area contributed by atoms with Gasteiger partial charge in [-0.25, -0.2) is 0 Å². The van der Waals surface area contributed by atoms with Crippen LogP contribution in [0.4, 0.5) is 0 Å². The molecule has 0 amide bonds. The molecule has 0 radical (unpaired) electrons. The smallest absolute Gasteiger partial charge is 0.0341 e. The van der Waals surface area contributed by atoms with Gasteiger partial charge < -0.3 is 15.5 Å². The lowest BCUT2D eigenvalue weighted by Gasteiger charge is -2.41. The number of rotatable bonds is 5. The minimum absolute atomic E-state index is 0.241. The van der Waals surface area contributed by atoms with E-state index < -0.39 is 0 Å². The summed E-state index contributed by atoms with van der Waals surface area (Å²) in [6.45, 7) is 8.19. The van der Waals surface area contributed by atoms with Crippen LogP contribution in [-0.2, 0) is 0 Å². The SMILES string of the molecule is CN1CCCC(CN)(N(C)CCN2CCCC2)CC1. The molecule has 4 heteroatoms. The van der Waals surface area contributed by atoms with Crippen molar-refractivity contribution >= 4 is 0 Å². The Kier molecular flexibility index (Phi) is 5.63. The Balaban J connectivity index is 1.87. The number of nitrogens with zero attached hydrogens (tertiary/aromatic N) is 3. The first-order valence-corrected chi connectivity index (χ1v) is 7.98. The highest BCUT2D eigenvalue weighted by molar-refractivity contribution is 4.93. The number of hydrogen-bond donors (Lipinski definition) is 1. The van der Waals surface area contributed by atoms with E-state index in [1.54, 1.807) is 0 Å². The van der Waals surface area contributed by atoms with Crippen LogP contribution in [0.5, 0.6) is 0 Å². The van der Waals surface area contributed by atoms with Gasteiger partial charge >= 0.3 is 0 Å². The third kappa shape index (κ3) is 3.91. The van der Waals surface area contributed by atoms with Gasteiger partial charge in [-0.05, 0) is 72.4 Å². The van der Waals surface area contributed by atoms with Gasteiger partial charge in [0.25, 0.3) is 0 Å². The van der Waals surface area contributed by atoms with Crippen LogP contribution in [0.2, 0.25) is 0 Å². The van der Waals surface area contributed by atoms with Crippen molar-refractivity contribution in [2.75, 3.05) is 59.9 Å². The van der Waals surface area contributed by atoms with E-state index in [0.717, 1.165) is 6.54 Å². The lowest BCUT2D eigenvalue weighted by molar-refractivity contribution is 0.0964. The molecule has 2 aliphatic heterocycles. The van der Waals surface area contributed by atoms with Crippen molar-refractivity contribution in [3.05, 3.63) is 0 Å². The number of likely N-dealkylation sites (tertiary alicyclic amines) is 2. The van der Waals surface area contributed by atoms with Gasteiger partial charge in [0.2, 0.25) is 0 Å². The Morgan fingerprint density at radius 2 is 1.79 bits per heavy atom. The zero-order valence-electron chi connectivity index (χ0n) is 12.9. The van der Waals surface area contributed by atoms with Crippen LogP contribution in [0.15, 0.2) is 0 Å². The first kappa shape index (κ1) is 15.2. The summed E-state index contributed by atoms with van der Waals surface area (Å²) in [5.41, 5.74) is 6.40. The largest absolute Gasteiger partial charge is 0.329 e. The minimum atomic E-state index is 0.241. The Morgan fingerprint density at radius 3 is 2.47 bits per heavy atom. The fourth-order valence-electron chi connectivity index (χ4n) is 3.59. The fourth-order valence-corrected chi connectivity index (χ4v) is 3.59. The van der Waals surface area contributed by atoms with Gasteiger partial charge in [-0.3, -0.25) is 4.90 Å². The van der Waals surface area contributed by atoms with E-state index in [-0.39, 0.29) is 5.54 Å². The molecule has 4 nitrogen and oxygen atoms in total. The quantitative estimate of drug-likeness (QED) is 0.801. The fraction of sp³-hybridized carbons (Fsp3) is 1.00. The lowest BCUT2D eigenvalue weighted by Crippen LogP contribution is -2.54. The van der Waals surface area contributed by atoms with Crippen molar-refractivity contribution < 1.29 is 0 Å². The molecule has 0 saturated carbocycles. The van der Waals surface area contributed by atoms with E-state index in [0.29, 0.717) is 0 Å². The Morgan fingerprint density at radius 1 is 1.05 bits per heavy atom. The molecular formula is C15H32N4. The number of hydrogen-bond acceptors (Lipinski definition) is 4. The first-order valence-electron chi connectivity index (χ1n) is 7.98. The van der Waals surface area contributed by atoms with Crippen molar-refractivity contribution in [3.63, 3.8) is 0 Å². The molecule has 0 aromatic carbocycles. The molecule has 0 aliphatic carbocycles. The molecule has 1 unspecified atom stereocenters. The van der Waals surface area contributed by atoms with Gasteiger partial charge in [0.1, 0.15) is 0 Å².